The third-order valence-electron chi connectivity index (χ3n) is 4.83. The zero-order valence-electron chi connectivity index (χ0n) is 16.6. The topological polar surface area (TPSA) is 109 Å². The Labute approximate surface area is 184 Å². The first-order chi connectivity index (χ1) is 14.6. The zero-order valence-corrected chi connectivity index (χ0v) is 18.2. The van der Waals surface area contributed by atoms with E-state index in [2.05, 4.69) is 36.9 Å². The summed E-state index contributed by atoms with van der Waals surface area (Å²) in [5.41, 5.74) is 4.62. The van der Waals surface area contributed by atoms with Gasteiger partial charge in [0, 0.05) is 23.2 Å². The molecule has 0 aromatic heterocycles. The Morgan fingerprint density at radius 3 is 2.53 bits per heavy atom. The number of benzene rings is 2. The van der Waals surface area contributed by atoms with Crippen molar-refractivity contribution >= 4 is 33.4 Å². The number of hydrogen-bond acceptors (Lipinski definition) is 6. The number of nitrogens with two attached hydrogens (primary N) is 1. The van der Waals surface area contributed by atoms with Crippen LogP contribution in [0, 0.1) is 0 Å². The average Bonchev–Trinajstić information content (AvgIpc) is 2.77. The lowest BCUT2D eigenvalue weighted by Gasteiger charge is -2.27. The van der Waals surface area contributed by atoms with Gasteiger partial charge in [0.2, 0.25) is 11.8 Å². The van der Waals surface area contributed by atoms with Crippen LogP contribution in [-0.2, 0) is 14.3 Å². The molecule has 1 atom stereocenters. The first-order valence-electron chi connectivity index (χ1n) is 9.74. The molecule has 2 aromatic carbocycles. The first kappa shape index (κ1) is 22.4. The van der Waals surface area contributed by atoms with Gasteiger partial charge < -0.3 is 10.1 Å². The standard InChI is InChI=1S/C21H26BrN5O3/c22-16-6-7-18(25-20(29)14-27-8-10-30-11-9-27)17(12-16)21(24-13-19(28)26-23)15-4-2-1-3-5-15/h1-7,12,21,24H,8-11,13-14,23H2,(H,25,29)(H,26,28)/t21-/m1/s1. The number of hydrogen-bond donors (Lipinski definition) is 4. The van der Waals surface area contributed by atoms with Crippen molar-refractivity contribution in [1.29, 1.82) is 0 Å². The Morgan fingerprint density at radius 1 is 1.10 bits per heavy atom. The summed E-state index contributed by atoms with van der Waals surface area (Å²) in [6, 6.07) is 15.1. The maximum atomic E-state index is 12.7. The second-order valence-corrected chi connectivity index (χ2v) is 7.88. The number of nitrogens with one attached hydrogen (secondary N) is 3. The summed E-state index contributed by atoms with van der Waals surface area (Å²) < 4.78 is 6.21. The maximum absolute atomic E-state index is 12.7. The molecule has 2 aromatic rings. The molecule has 0 spiro atoms. The Morgan fingerprint density at radius 2 is 1.83 bits per heavy atom. The Hall–Kier alpha value is -2.30. The molecule has 1 aliphatic heterocycles. The van der Waals surface area contributed by atoms with Crippen molar-refractivity contribution in [2.24, 2.45) is 5.84 Å². The van der Waals surface area contributed by atoms with E-state index in [-0.39, 0.29) is 24.4 Å². The van der Waals surface area contributed by atoms with Gasteiger partial charge in [0.15, 0.2) is 0 Å². The van der Waals surface area contributed by atoms with Crippen LogP contribution in [-0.4, -0.2) is 56.1 Å². The number of amides is 2. The van der Waals surface area contributed by atoms with Gasteiger partial charge in [-0.25, -0.2) is 5.84 Å². The predicted octanol–water partition coefficient (Wildman–Crippen LogP) is 1.39. The number of hydrazine groups is 1. The molecule has 5 N–H and O–H groups in total. The predicted molar refractivity (Wildman–Crippen MR) is 119 cm³/mol. The molecule has 2 amide bonds. The van der Waals surface area contributed by atoms with Crippen LogP contribution in [0.1, 0.15) is 17.2 Å². The minimum atomic E-state index is -0.330. The third-order valence-corrected chi connectivity index (χ3v) is 5.32. The molecule has 0 aliphatic carbocycles. The van der Waals surface area contributed by atoms with Crippen molar-refractivity contribution < 1.29 is 14.3 Å². The first-order valence-corrected chi connectivity index (χ1v) is 10.5. The van der Waals surface area contributed by atoms with Crippen LogP contribution in [0.4, 0.5) is 5.69 Å². The van der Waals surface area contributed by atoms with E-state index in [0.29, 0.717) is 25.4 Å². The number of rotatable bonds is 8. The van der Waals surface area contributed by atoms with Crippen LogP contribution in [0.15, 0.2) is 53.0 Å². The van der Waals surface area contributed by atoms with Crippen LogP contribution in [0.2, 0.25) is 0 Å². The van der Waals surface area contributed by atoms with Crippen molar-refractivity contribution in [3.05, 3.63) is 64.1 Å². The van der Waals surface area contributed by atoms with E-state index >= 15 is 0 Å². The van der Waals surface area contributed by atoms with Gasteiger partial charge >= 0.3 is 0 Å². The van der Waals surface area contributed by atoms with Crippen molar-refractivity contribution in [3.63, 3.8) is 0 Å². The molecule has 9 heteroatoms. The Bertz CT molecular complexity index is 859. The van der Waals surface area contributed by atoms with Gasteiger partial charge in [-0.15, -0.1) is 0 Å². The van der Waals surface area contributed by atoms with Crippen LogP contribution in [0.25, 0.3) is 0 Å². The number of carbonyl (C=O) groups excluding carboxylic acids is 2. The fourth-order valence-electron chi connectivity index (χ4n) is 3.34. The molecule has 0 bridgehead atoms. The summed E-state index contributed by atoms with van der Waals surface area (Å²) in [5, 5.41) is 6.26. The molecule has 1 fully saturated rings. The van der Waals surface area contributed by atoms with Crippen molar-refractivity contribution in [2.75, 3.05) is 44.7 Å². The third kappa shape index (κ3) is 6.35. The van der Waals surface area contributed by atoms with Gasteiger partial charge in [-0.1, -0.05) is 46.3 Å². The van der Waals surface area contributed by atoms with E-state index in [0.717, 1.165) is 28.7 Å². The molecule has 0 radical (unpaired) electrons. The number of halogens is 1. The highest BCUT2D eigenvalue weighted by molar-refractivity contribution is 9.10. The number of nitrogens with zero attached hydrogens (tertiary/aromatic N) is 1. The summed E-state index contributed by atoms with van der Waals surface area (Å²) >= 11 is 3.51. The van der Waals surface area contributed by atoms with Gasteiger partial charge in [-0.05, 0) is 29.3 Å². The van der Waals surface area contributed by atoms with Gasteiger partial charge in [0.25, 0.3) is 0 Å². The van der Waals surface area contributed by atoms with Gasteiger partial charge in [-0.3, -0.25) is 25.2 Å². The van der Waals surface area contributed by atoms with Crippen molar-refractivity contribution in [1.82, 2.24) is 15.6 Å². The van der Waals surface area contributed by atoms with Gasteiger partial charge in [-0.2, -0.15) is 0 Å². The fraction of sp³-hybridized carbons (Fsp3) is 0.333. The van der Waals surface area contributed by atoms with E-state index in [1.807, 2.05) is 48.5 Å². The monoisotopic (exact) mass is 475 g/mol. The van der Waals surface area contributed by atoms with Crippen molar-refractivity contribution in [3.8, 4) is 0 Å². The fourth-order valence-corrected chi connectivity index (χ4v) is 3.72. The molecule has 1 aliphatic rings. The molecule has 1 heterocycles. The van der Waals surface area contributed by atoms with E-state index in [1.54, 1.807) is 0 Å². The van der Waals surface area contributed by atoms with Crippen LogP contribution >= 0.6 is 15.9 Å². The maximum Gasteiger partial charge on any atom is 0.247 e. The van der Waals surface area contributed by atoms with E-state index in [4.69, 9.17) is 10.6 Å². The molecule has 8 nitrogen and oxygen atoms in total. The number of ether oxygens (including phenoxy) is 1. The van der Waals surface area contributed by atoms with Crippen LogP contribution in [0.3, 0.4) is 0 Å². The highest BCUT2D eigenvalue weighted by Crippen LogP contribution is 2.31. The van der Waals surface area contributed by atoms with Crippen LogP contribution in [0.5, 0.6) is 0 Å². The summed E-state index contributed by atoms with van der Waals surface area (Å²) in [6.45, 7) is 3.09. The average molecular weight is 476 g/mol. The summed E-state index contributed by atoms with van der Waals surface area (Å²) in [5.74, 6) is 4.81. The van der Waals surface area contributed by atoms with Crippen molar-refractivity contribution in [2.45, 2.75) is 6.04 Å². The number of anilines is 1. The second-order valence-electron chi connectivity index (χ2n) is 6.96. The van der Waals surface area contributed by atoms with Gasteiger partial charge in [0.1, 0.15) is 0 Å². The van der Waals surface area contributed by atoms with E-state index in [1.165, 1.54) is 0 Å². The molecule has 0 saturated carbocycles. The van der Waals surface area contributed by atoms with E-state index < -0.39 is 0 Å². The second kappa shape index (κ2) is 11.2. The Balaban J connectivity index is 1.84. The lowest BCUT2D eigenvalue weighted by Crippen LogP contribution is -2.41. The highest BCUT2D eigenvalue weighted by atomic mass is 79.9. The number of carbonyl (C=O) groups is 2. The molecular weight excluding hydrogens is 450 g/mol. The summed E-state index contributed by atoms with van der Waals surface area (Å²) in [6.07, 6.45) is 0. The summed E-state index contributed by atoms with van der Waals surface area (Å²) in [7, 11) is 0. The molecule has 3 rings (SSSR count). The molecule has 1 saturated heterocycles. The lowest BCUT2D eigenvalue weighted by molar-refractivity contribution is -0.120. The SMILES string of the molecule is NNC(=O)CN[C@H](c1ccccc1)c1cc(Br)ccc1NC(=O)CN1CCOCC1. The van der Waals surface area contributed by atoms with Crippen LogP contribution < -0.4 is 21.9 Å². The molecule has 30 heavy (non-hydrogen) atoms. The quantitative estimate of drug-likeness (QED) is 0.261. The van der Waals surface area contributed by atoms with Gasteiger partial charge in [0.05, 0.1) is 32.3 Å². The molecular formula is C21H26BrN5O3. The largest absolute Gasteiger partial charge is 0.379 e. The summed E-state index contributed by atoms with van der Waals surface area (Å²) in [4.78, 5) is 26.5. The Kier molecular flexibility index (Phi) is 8.35. The lowest BCUT2D eigenvalue weighted by atomic mass is 9.97. The molecule has 160 valence electrons. The normalized spacial score (nSPS) is 15.4. The number of morpholine rings is 1. The minimum absolute atomic E-state index is 0.0315. The smallest absolute Gasteiger partial charge is 0.247 e. The zero-order chi connectivity index (χ0) is 21.3. The molecule has 0 unspecified atom stereocenters. The minimum Gasteiger partial charge on any atom is -0.379 e. The van der Waals surface area contributed by atoms with E-state index in [9.17, 15) is 9.59 Å². The highest BCUT2D eigenvalue weighted by Gasteiger charge is 2.21.